The van der Waals surface area contributed by atoms with Crippen molar-refractivity contribution >= 4 is 37.3 Å². The topological polar surface area (TPSA) is 3.24 Å². The summed E-state index contributed by atoms with van der Waals surface area (Å²) in [6, 6.07) is 0. The van der Waals surface area contributed by atoms with Crippen molar-refractivity contribution in [3.8, 4) is 0 Å². The Morgan fingerprint density at radius 3 is 0.600 bits per heavy atom. The Kier molecular flexibility index (Phi) is 30.4. The molecule has 0 rings (SSSR count). The Labute approximate surface area is 266 Å². The first-order valence-corrected chi connectivity index (χ1v) is 33.9. The van der Waals surface area contributed by atoms with Gasteiger partial charge in [0.2, 0.25) is 0 Å². The molecule has 0 aromatic rings. The second kappa shape index (κ2) is 29.3. The number of hydrogen-bond donors (Lipinski definition) is 0. The molecule has 0 saturated heterocycles. The number of hydrogen-bond acceptors (Lipinski definition) is 1. The Bertz CT molecular complexity index is 402. The molecule has 1 nitrogen and oxygen atoms in total. The Hall–Kier alpha value is 1.56. The number of rotatable bonds is 32. The van der Waals surface area contributed by atoms with E-state index in [1.807, 2.05) is 0 Å². The molecule has 3 heteroatoms. The van der Waals surface area contributed by atoms with Gasteiger partial charge in [0.05, 0.1) is 0 Å². The summed E-state index contributed by atoms with van der Waals surface area (Å²) in [5.74, 6) is 0. The van der Waals surface area contributed by atoms with E-state index < -0.39 is 37.3 Å². The van der Waals surface area contributed by atoms with Crippen molar-refractivity contribution in [3.05, 3.63) is 0 Å². The zero-order chi connectivity index (χ0) is 29.8. The van der Waals surface area contributed by atoms with Crippen molar-refractivity contribution in [1.29, 1.82) is 0 Å². The van der Waals surface area contributed by atoms with Crippen LogP contribution in [-0.2, 0) is 0 Å². The van der Waals surface area contributed by atoms with Crippen LogP contribution < -0.4 is 0 Å². The van der Waals surface area contributed by atoms with E-state index in [2.05, 4.69) is 49.9 Å². The molecule has 0 aliphatic carbocycles. The molecule has 0 aliphatic heterocycles. The Morgan fingerprint density at radius 1 is 0.275 bits per heavy atom. The summed E-state index contributed by atoms with van der Waals surface area (Å²) in [5, 5.41) is 0. The zero-order valence-corrected chi connectivity index (χ0v) is 35.4. The van der Waals surface area contributed by atoms with Crippen LogP contribution in [0, 0.1) is 0 Å². The van der Waals surface area contributed by atoms with Gasteiger partial charge in [-0.25, -0.2) is 0 Å². The predicted molar refractivity (Wildman–Crippen MR) is 193 cm³/mol. The molecule has 0 N–H and O–H groups in total. The quantitative estimate of drug-likeness (QED) is 0.0486. The Balaban J connectivity index is 6.36. The second-order valence-electron chi connectivity index (χ2n) is 13.9. The fourth-order valence-corrected chi connectivity index (χ4v) is 68.1. The molecule has 0 atom stereocenters. The van der Waals surface area contributed by atoms with Gasteiger partial charge in [-0.15, -0.1) is 0 Å². The monoisotopic (exact) mass is 779 g/mol. The molecule has 40 heavy (non-hydrogen) atoms. The zero-order valence-electron chi connectivity index (χ0n) is 29.7. The van der Waals surface area contributed by atoms with Crippen molar-refractivity contribution in [2.45, 2.75) is 222 Å². The maximum absolute atomic E-state index is 3.58. The SMILES string of the molecule is CCCCC[CH2][Sn]([CH2]CCCCC)([CH2]CCCCC)[N](C)[Sn]([CH2]CCCCC)([CH2]CCCCC)[CH2]CCCCC. The first kappa shape index (κ1) is 41.6. The number of unbranched alkanes of at least 4 members (excludes halogenated alkanes) is 18. The third-order valence-corrected chi connectivity index (χ3v) is 58.7. The molecule has 0 aliphatic rings. The van der Waals surface area contributed by atoms with E-state index >= 15 is 0 Å². The van der Waals surface area contributed by atoms with Crippen molar-refractivity contribution in [2.75, 3.05) is 7.05 Å². The molecule has 0 aromatic carbocycles. The second-order valence-corrected chi connectivity index (χ2v) is 43.9. The van der Waals surface area contributed by atoms with E-state index in [4.69, 9.17) is 0 Å². The Morgan fingerprint density at radius 2 is 0.450 bits per heavy atom. The summed E-state index contributed by atoms with van der Waals surface area (Å²) in [6.07, 6.45) is 35.6. The third kappa shape index (κ3) is 19.1. The first-order valence-electron chi connectivity index (χ1n) is 19.3. The van der Waals surface area contributed by atoms with Gasteiger partial charge < -0.3 is 0 Å². The van der Waals surface area contributed by atoms with Gasteiger partial charge in [-0.1, -0.05) is 0 Å². The van der Waals surface area contributed by atoms with Crippen LogP contribution in [0.4, 0.5) is 0 Å². The van der Waals surface area contributed by atoms with Crippen LogP contribution in [0.2, 0.25) is 26.6 Å². The summed E-state index contributed by atoms with van der Waals surface area (Å²) in [6.45, 7) is 14.4. The molecule has 0 unspecified atom stereocenters. The molecule has 0 radical (unpaired) electrons. The van der Waals surface area contributed by atoms with Gasteiger partial charge >= 0.3 is 268 Å². The molecule has 0 spiro atoms. The fourth-order valence-electron chi connectivity index (χ4n) is 7.54. The summed E-state index contributed by atoms with van der Waals surface area (Å²) in [5.41, 5.74) is 0. The molecular weight excluding hydrogens is 696 g/mol. The maximum atomic E-state index is 3.58. The van der Waals surface area contributed by atoms with Crippen LogP contribution in [0.25, 0.3) is 0 Å². The minimum absolute atomic E-state index is 1.39. The third-order valence-electron chi connectivity index (χ3n) is 10.4. The predicted octanol–water partition coefficient (Wildman–Crippen LogP) is 14.3. The van der Waals surface area contributed by atoms with Crippen molar-refractivity contribution < 1.29 is 0 Å². The molecule has 0 saturated carbocycles. The van der Waals surface area contributed by atoms with Gasteiger partial charge in [-0.05, 0) is 0 Å². The van der Waals surface area contributed by atoms with E-state index in [1.54, 1.807) is 65.1 Å². The van der Waals surface area contributed by atoms with Crippen LogP contribution in [0.5, 0.6) is 0 Å². The van der Waals surface area contributed by atoms with Gasteiger partial charge in [0, 0.05) is 0 Å². The van der Waals surface area contributed by atoms with Gasteiger partial charge in [-0.3, -0.25) is 0 Å². The van der Waals surface area contributed by atoms with Gasteiger partial charge in [0.1, 0.15) is 0 Å². The molecule has 0 amide bonds. The van der Waals surface area contributed by atoms with E-state index in [0.717, 1.165) is 0 Å². The molecule has 0 bridgehead atoms. The van der Waals surface area contributed by atoms with Crippen LogP contribution in [-0.4, -0.2) is 45.7 Å². The summed E-state index contributed by atoms with van der Waals surface area (Å²) in [7, 11) is 2.85. The molecule has 0 aromatic heterocycles. The van der Waals surface area contributed by atoms with E-state index in [0.29, 0.717) is 0 Å². The van der Waals surface area contributed by atoms with Crippen LogP contribution >= 0.6 is 0 Å². The first-order chi connectivity index (χ1) is 19.5. The van der Waals surface area contributed by atoms with Crippen molar-refractivity contribution in [2.24, 2.45) is 0 Å². The van der Waals surface area contributed by atoms with Crippen molar-refractivity contribution in [1.82, 2.24) is 1.34 Å². The summed E-state index contributed by atoms with van der Waals surface area (Å²) < 4.78 is 13.8. The average molecular weight is 777 g/mol. The minimum atomic E-state index is -2.47. The molecule has 242 valence electrons. The summed E-state index contributed by atoms with van der Waals surface area (Å²) in [4.78, 5) is 0. The van der Waals surface area contributed by atoms with Gasteiger partial charge in [-0.2, -0.15) is 0 Å². The van der Waals surface area contributed by atoms with Crippen molar-refractivity contribution in [3.63, 3.8) is 0 Å². The van der Waals surface area contributed by atoms with Crippen LogP contribution in [0.3, 0.4) is 0 Å². The summed E-state index contributed by atoms with van der Waals surface area (Å²) >= 11 is -4.94. The fraction of sp³-hybridized carbons (Fsp3) is 1.00. The van der Waals surface area contributed by atoms with E-state index in [-0.39, 0.29) is 0 Å². The molecule has 0 fully saturated rings. The van der Waals surface area contributed by atoms with E-state index in [1.165, 1.54) is 116 Å². The van der Waals surface area contributed by atoms with E-state index in [9.17, 15) is 0 Å². The number of nitrogens with zero attached hydrogens (tertiary/aromatic N) is 1. The van der Waals surface area contributed by atoms with Crippen LogP contribution in [0.15, 0.2) is 0 Å². The van der Waals surface area contributed by atoms with Gasteiger partial charge in [0.25, 0.3) is 0 Å². The van der Waals surface area contributed by atoms with Crippen LogP contribution in [0.1, 0.15) is 196 Å². The molecular formula is C37H81NSn2. The van der Waals surface area contributed by atoms with Gasteiger partial charge in [0.15, 0.2) is 0 Å². The standard InChI is InChI=1S/6C6H13.CH3N.2Sn/c6*1-3-5-6-4-2;1-2;;/h6*1,3-6H2,2H3;1H3;;. The normalized spacial score (nSPS) is 12.6. The average Bonchev–Trinajstić information content (AvgIpc) is 2.97. The molecule has 0 heterocycles.